The van der Waals surface area contributed by atoms with Gasteiger partial charge in [0.15, 0.2) is 0 Å². The minimum absolute atomic E-state index is 0.222. The summed E-state index contributed by atoms with van der Waals surface area (Å²) >= 11 is 0. The highest BCUT2D eigenvalue weighted by Gasteiger charge is 2.20. The predicted octanol–water partition coefficient (Wildman–Crippen LogP) is 9.71. The van der Waals surface area contributed by atoms with Gasteiger partial charge in [0, 0.05) is 17.5 Å². The van der Waals surface area contributed by atoms with Gasteiger partial charge in [0.1, 0.15) is 5.75 Å². The van der Waals surface area contributed by atoms with Gasteiger partial charge in [-0.1, -0.05) is 107 Å². The molecule has 0 saturated carbocycles. The van der Waals surface area contributed by atoms with Crippen LogP contribution in [0.5, 0.6) is 5.75 Å². The van der Waals surface area contributed by atoms with Crippen LogP contribution in [0.25, 0.3) is 33.6 Å². The van der Waals surface area contributed by atoms with E-state index in [0.29, 0.717) is 11.8 Å². The number of aromatic hydroxyl groups is 1. The average molecular weight is 523 g/mol. The van der Waals surface area contributed by atoms with Gasteiger partial charge in [-0.25, -0.2) is 4.98 Å². The third-order valence-corrected chi connectivity index (χ3v) is 7.77. The van der Waals surface area contributed by atoms with E-state index >= 15 is 0 Å². The average Bonchev–Trinajstić information content (AvgIpc) is 3.42. The lowest BCUT2D eigenvalue weighted by atomic mass is 9.90. The van der Waals surface area contributed by atoms with Crippen molar-refractivity contribution < 1.29 is 5.11 Å². The van der Waals surface area contributed by atoms with E-state index < -0.39 is 0 Å². The van der Waals surface area contributed by atoms with E-state index in [1.165, 1.54) is 16.7 Å². The molecule has 0 saturated heterocycles. The quantitative estimate of drug-likeness (QED) is 0.241. The van der Waals surface area contributed by atoms with Crippen LogP contribution in [0.1, 0.15) is 61.8 Å². The van der Waals surface area contributed by atoms with Crippen molar-refractivity contribution >= 4 is 11.4 Å². The molecule has 3 heteroatoms. The Labute approximate surface area is 236 Å². The molecule has 1 aliphatic rings. The summed E-state index contributed by atoms with van der Waals surface area (Å²) in [6, 6.07) is 35.4. The van der Waals surface area contributed by atoms with Crippen LogP contribution in [0.4, 0.5) is 5.69 Å². The number of phenols is 1. The summed E-state index contributed by atoms with van der Waals surface area (Å²) in [4.78, 5) is 10.1. The Morgan fingerprint density at radius 1 is 0.600 bits per heavy atom. The second kappa shape index (κ2) is 10.6. The SMILES string of the molecule is CC(C)c1cc(-c2ccc(O)c(-c3cccc(-c4cccc5c4N=C(c4ccccc4)C5)n3)c2)cc(C(C)C)c1. The highest BCUT2D eigenvalue weighted by molar-refractivity contribution is 6.08. The summed E-state index contributed by atoms with van der Waals surface area (Å²) in [6.07, 6.45) is 0.809. The van der Waals surface area contributed by atoms with E-state index in [0.717, 1.165) is 57.0 Å². The normalized spacial score (nSPS) is 12.6. The van der Waals surface area contributed by atoms with Gasteiger partial charge in [0.05, 0.1) is 22.8 Å². The second-order valence-electron chi connectivity index (χ2n) is 11.3. The molecular formula is C37H34N2O. The molecule has 0 spiro atoms. The highest BCUT2D eigenvalue weighted by Crippen LogP contribution is 2.40. The lowest BCUT2D eigenvalue weighted by molar-refractivity contribution is 0.477. The van der Waals surface area contributed by atoms with Gasteiger partial charge in [-0.05, 0) is 69.5 Å². The summed E-state index contributed by atoms with van der Waals surface area (Å²) in [5.74, 6) is 1.09. The molecule has 4 aromatic carbocycles. The minimum Gasteiger partial charge on any atom is -0.507 e. The lowest BCUT2D eigenvalue weighted by Gasteiger charge is -2.16. The van der Waals surface area contributed by atoms with E-state index in [2.05, 4.69) is 94.4 Å². The van der Waals surface area contributed by atoms with Crippen LogP contribution in [0.2, 0.25) is 0 Å². The van der Waals surface area contributed by atoms with E-state index in [1.54, 1.807) is 6.07 Å². The van der Waals surface area contributed by atoms with Crippen molar-refractivity contribution in [3.05, 3.63) is 125 Å². The van der Waals surface area contributed by atoms with Crippen LogP contribution in [0, 0.1) is 0 Å². The Kier molecular flexibility index (Phi) is 6.81. The summed E-state index contributed by atoms with van der Waals surface area (Å²) < 4.78 is 0. The molecule has 0 amide bonds. The number of aliphatic imine (C=N–C) groups is 1. The van der Waals surface area contributed by atoms with Crippen LogP contribution in [0.15, 0.2) is 108 Å². The van der Waals surface area contributed by atoms with E-state index in [1.807, 2.05) is 30.3 Å². The van der Waals surface area contributed by atoms with Crippen LogP contribution in [-0.4, -0.2) is 15.8 Å². The summed E-state index contributed by atoms with van der Waals surface area (Å²) in [7, 11) is 0. The predicted molar refractivity (Wildman–Crippen MR) is 167 cm³/mol. The number of rotatable bonds is 6. The molecule has 40 heavy (non-hydrogen) atoms. The van der Waals surface area contributed by atoms with Gasteiger partial charge in [-0.2, -0.15) is 0 Å². The van der Waals surface area contributed by atoms with Crippen molar-refractivity contribution in [2.24, 2.45) is 4.99 Å². The molecule has 5 aromatic rings. The molecule has 1 aliphatic heterocycles. The molecule has 198 valence electrons. The number of hydrogen-bond acceptors (Lipinski definition) is 3. The molecule has 6 rings (SSSR count). The van der Waals surface area contributed by atoms with Crippen LogP contribution in [0.3, 0.4) is 0 Å². The zero-order chi connectivity index (χ0) is 27.8. The maximum atomic E-state index is 10.9. The summed E-state index contributed by atoms with van der Waals surface area (Å²) in [6.45, 7) is 8.92. The van der Waals surface area contributed by atoms with Gasteiger partial charge >= 0.3 is 0 Å². The molecule has 1 N–H and O–H groups in total. The monoisotopic (exact) mass is 522 g/mol. The first-order valence-corrected chi connectivity index (χ1v) is 14.1. The van der Waals surface area contributed by atoms with Crippen molar-refractivity contribution in [2.75, 3.05) is 0 Å². The first kappa shape index (κ1) is 25.8. The van der Waals surface area contributed by atoms with Crippen LogP contribution >= 0.6 is 0 Å². The number of hydrogen-bond donors (Lipinski definition) is 1. The van der Waals surface area contributed by atoms with Crippen molar-refractivity contribution in [1.29, 1.82) is 0 Å². The fourth-order valence-electron chi connectivity index (χ4n) is 5.39. The number of nitrogens with zero attached hydrogens (tertiary/aromatic N) is 2. The largest absolute Gasteiger partial charge is 0.507 e. The summed E-state index contributed by atoms with van der Waals surface area (Å²) in [5, 5.41) is 10.9. The third kappa shape index (κ3) is 4.96. The lowest BCUT2D eigenvalue weighted by Crippen LogP contribution is -1.99. The number of aromatic nitrogens is 1. The standard InChI is InChI=1S/C37H34N2O/c1-23(2)28-18-29(24(3)4)20-30(19-28)26-16-17-36(40)32(21-26)34-15-9-14-33(38-34)31-13-8-12-27-22-35(39-37(27)31)25-10-6-5-7-11-25/h5-21,23-24,40H,22H2,1-4H3. The number of benzene rings is 4. The van der Waals surface area contributed by atoms with Gasteiger partial charge in [-0.15, -0.1) is 0 Å². The number of fused-ring (bicyclic) bond motifs is 1. The van der Waals surface area contributed by atoms with Crippen molar-refractivity contribution in [2.45, 2.75) is 46.0 Å². The van der Waals surface area contributed by atoms with Crippen LogP contribution in [-0.2, 0) is 6.42 Å². The zero-order valence-corrected chi connectivity index (χ0v) is 23.5. The fourth-order valence-corrected chi connectivity index (χ4v) is 5.39. The van der Waals surface area contributed by atoms with E-state index in [-0.39, 0.29) is 5.75 Å². The van der Waals surface area contributed by atoms with Gasteiger partial charge in [0.2, 0.25) is 0 Å². The van der Waals surface area contributed by atoms with Crippen molar-refractivity contribution in [1.82, 2.24) is 4.98 Å². The van der Waals surface area contributed by atoms with Gasteiger partial charge < -0.3 is 5.11 Å². The van der Waals surface area contributed by atoms with Crippen molar-refractivity contribution in [3.63, 3.8) is 0 Å². The molecule has 0 atom stereocenters. The number of pyridine rings is 1. The number of para-hydroxylation sites is 1. The topological polar surface area (TPSA) is 45.5 Å². The maximum absolute atomic E-state index is 10.9. The Balaban J connectivity index is 1.41. The summed E-state index contributed by atoms with van der Waals surface area (Å²) in [5.41, 5.74) is 12.6. The Morgan fingerprint density at radius 3 is 1.98 bits per heavy atom. The fraction of sp³-hybridized carbons (Fsp3) is 0.189. The third-order valence-electron chi connectivity index (χ3n) is 7.77. The van der Waals surface area contributed by atoms with Crippen LogP contribution < -0.4 is 0 Å². The highest BCUT2D eigenvalue weighted by atomic mass is 16.3. The zero-order valence-electron chi connectivity index (χ0n) is 23.5. The van der Waals surface area contributed by atoms with Gasteiger partial charge in [0.25, 0.3) is 0 Å². The molecule has 1 aromatic heterocycles. The second-order valence-corrected chi connectivity index (χ2v) is 11.3. The van der Waals surface area contributed by atoms with Gasteiger partial charge in [-0.3, -0.25) is 4.99 Å². The van der Waals surface area contributed by atoms with Crippen molar-refractivity contribution in [3.8, 4) is 39.4 Å². The molecular weight excluding hydrogens is 488 g/mol. The Morgan fingerprint density at radius 2 is 1.27 bits per heavy atom. The first-order valence-electron chi connectivity index (χ1n) is 14.1. The number of phenolic OH excluding ortho intramolecular Hbond substituents is 1. The molecule has 2 heterocycles. The Hall–Kier alpha value is -4.50. The molecule has 0 fully saturated rings. The maximum Gasteiger partial charge on any atom is 0.125 e. The first-order chi connectivity index (χ1) is 19.4. The molecule has 0 bridgehead atoms. The minimum atomic E-state index is 0.222. The molecule has 3 nitrogen and oxygen atoms in total. The molecule has 0 radical (unpaired) electrons. The van der Waals surface area contributed by atoms with E-state index in [9.17, 15) is 5.11 Å². The van der Waals surface area contributed by atoms with E-state index in [4.69, 9.17) is 9.98 Å². The molecule has 0 aliphatic carbocycles. The molecule has 0 unspecified atom stereocenters. The smallest absolute Gasteiger partial charge is 0.125 e. The Bertz CT molecular complexity index is 1710.